The Bertz CT molecular complexity index is 1860. The van der Waals surface area contributed by atoms with Gasteiger partial charge in [-0.3, -0.25) is 19.2 Å². The molecule has 5 amide bonds. The minimum Gasteiger partial charge on any atom is -0.504 e. The molecule has 2 aliphatic heterocycles. The van der Waals surface area contributed by atoms with Crippen molar-refractivity contribution in [2.45, 2.75) is 24.2 Å². The highest BCUT2D eigenvalue weighted by atomic mass is 35.5. The smallest absolute Gasteiger partial charge is 0.423 e. The molecule has 6 atom stereocenters. The van der Waals surface area contributed by atoms with Crippen molar-refractivity contribution in [3.63, 3.8) is 0 Å². The Labute approximate surface area is 269 Å². The van der Waals surface area contributed by atoms with Crippen LogP contribution in [0.15, 0.2) is 84.4 Å². The van der Waals surface area contributed by atoms with Gasteiger partial charge in [-0.1, -0.05) is 65.7 Å². The zero-order valence-corrected chi connectivity index (χ0v) is 25.6. The van der Waals surface area contributed by atoms with Crippen LogP contribution in [0.5, 0.6) is 11.5 Å². The van der Waals surface area contributed by atoms with Crippen LogP contribution in [0.4, 0.5) is 10.5 Å². The molecule has 2 saturated heterocycles. The standard InChI is InChI=1S/C35H29ClN2O8/c1-45-27-14-11-18(15-26(27)39)29-22-12-13-23-28(32(42)38(30(23)40)34(44)46-2)24(22)17-25-31(41)37(21-10-6-9-20(36)16-21)33(43)35(25,29)19-7-4-3-5-8-19/h3-12,14-16,23-25,28-29,39H,13,17H2,1-2H3/t23-,24+,25-,28-,29-,35+/m0/s1. The summed E-state index contributed by atoms with van der Waals surface area (Å²) < 4.78 is 10.1. The molecule has 1 N–H and O–H groups in total. The molecule has 1 saturated carbocycles. The molecule has 2 heterocycles. The number of carbonyl (C=O) groups is 5. The topological polar surface area (TPSA) is 131 Å². The lowest BCUT2D eigenvalue weighted by Crippen LogP contribution is -2.53. The van der Waals surface area contributed by atoms with Crippen LogP contribution in [0.2, 0.25) is 5.02 Å². The van der Waals surface area contributed by atoms with Gasteiger partial charge in [-0.05, 0) is 60.2 Å². The van der Waals surface area contributed by atoms with Crippen molar-refractivity contribution in [3.05, 3.63) is 101 Å². The van der Waals surface area contributed by atoms with Crippen LogP contribution in [-0.4, -0.2) is 53.9 Å². The van der Waals surface area contributed by atoms with Crippen molar-refractivity contribution < 1.29 is 38.6 Å². The van der Waals surface area contributed by atoms with Gasteiger partial charge in [0, 0.05) is 10.9 Å². The van der Waals surface area contributed by atoms with Gasteiger partial charge < -0.3 is 14.6 Å². The van der Waals surface area contributed by atoms with E-state index in [0.29, 0.717) is 32.3 Å². The van der Waals surface area contributed by atoms with Gasteiger partial charge in [0.15, 0.2) is 11.5 Å². The maximum atomic E-state index is 15.1. The fourth-order valence-corrected chi connectivity index (χ4v) is 8.46. The van der Waals surface area contributed by atoms with Gasteiger partial charge in [0.25, 0.3) is 0 Å². The highest BCUT2D eigenvalue weighted by Crippen LogP contribution is 2.64. The van der Waals surface area contributed by atoms with Crippen LogP contribution in [0.3, 0.4) is 0 Å². The Morgan fingerprint density at radius 3 is 2.35 bits per heavy atom. The number of imide groups is 4. The number of methoxy groups -OCH3 is 2. The summed E-state index contributed by atoms with van der Waals surface area (Å²) in [7, 11) is 2.53. The second-order valence-corrected chi connectivity index (χ2v) is 12.4. The van der Waals surface area contributed by atoms with E-state index < -0.39 is 64.7 Å². The molecule has 3 aromatic carbocycles. The summed E-state index contributed by atoms with van der Waals surface area (Å²) in [6.45, 7) is 0. The number of amides is 5. The number of nitrogens with zero attached hydrogens (tertiary/aromatic N) is 2. The average Bonchev–Trinajstić information content (AvgIpc) is 3.45. The van der Waals surface area contributed by atoms with Crippen molar-refractivity contribution in [2.75, 3.05) is 19.1 Å². The summed E-state index contributed by atoms with van der Waals surface area (Å²) in [5, 5.41) is 11.3. The first-order chi connectivity index (χ1) is 22.1. The second kappa shape index (κ2) is 10.8. The molecule has 2 aliphatic carbocycles. The van der Waals surface area contributed by atoms with Crippen molar-refractivity contribution in [2.24, 2.45) is 23.7 Å². The number of anilines is 1. The average molecular weight is 641 g/mol. The minimum atomic E-state index is -1.50. The van der Waals surface area contributed by atoms with Gasteiger partial charge in [-0.25, -0.2) is 9.69 Å². The maximum absolute atomic E-state index is 15.1. The number of phenols is 1. The van der Waals surface area contributed by atoms with Gasteiger partial charge in [0.2, 0.25) is 23.6 Å². The van der Waals surface area contributed by atoms with Gasteiger partial charge >= 0.3 is 6.09 Å². The molecule has 0 unspecified atom stereocenters. The van der Waals surface area contributed by atoms with E-state index in [2.05, 4.69) is 0 Å². The lowest BCUT2D eigenvalue weighted by Gasteiger charge is -2.50. The van der Waals surface area contributed by atoms with Gasteiger partial charge in [-0.15, -0.1) is 0 Å². The van der Waals surface area contributed by atoms with Gasteiger partial charge in [0.1, 0.15) is 0 Å². The predicted octanol–water partition coefficient (Wildman–Crippen LogP) is 4.98. The number of benzene rings is 3. The molecular weight excluding hydrogens is 612 g/mol. The Kier molecular flexibility index (Phi) is 7.01. The Morgan fingerprint density at radius 1 is 0.913 bits per heavy atom. The molecule has 0 spiro atoms. The van der Waals surface area contributed by atoms with E-state index in [1.807, 2.05) is 24.3 Å². The number of carbonyl (C=O) groups excluding carboxylic acids is 5. The Hall–Kier alpha value is -4.96. The third-order valence-electron chi connectivity index (χ3n) is 10.1. The Morgan fingerprint density at radius 2 is 1.67 bits per heavy atom. The molecule has 3 aromatic rings. The molecule has 0 bridgehead atoms. The van der Waals surface area contributed by atoms with Crippen molar-refractivity contribution in [3.8, 4) is 11.5 Å². The maximum Gasteiger partial charge on any atom is 0.423 e. The van der Waals surface area contributed by atoms with E-state index in [1.165, 1.54) is 13.2 Å². The third-order valence-corrected chi connectivity index (χ3v) is 10.3. The van der Waals surface area contributed by atoms with Crippen LogP contribution in [0.25, 0.3) is 0 Å². The summed E-state index contributed by atoms with van der Waals surface area (Å²) in [4.78, 5) is 71.3. The number of fused-ring (bicyclic) bond motifs is 4. The molecule has 46 heavy (non-hydrogen) atoms. The highest BCUT2D eigenvalue weighted by molar-refractivity contribution is 6.32. The number of ether oxygens (including phenoxy) is 2. The summed E-state index contributed by atoms with van der Waals surface area (Å²) in [5.41, 5.74) is 0.618. The predicted molar refractivity (Wildman–Crippen MR) is 165 cm³/mol. The van der Waals surface area contributed by atoms with Crippen molar-refractivity contribution in [1.82, 2.24) is 4.90 Å². The summed E-state index contributed by atoms with van der Waals surface area (Å²) in [5.74, 6) is -6.49. The fourth-order valence-electron chi connectivity index (χ4n) is 8.28. The first kappa shape index (κ1) is 29.7. The number of aromatic hydroxyl groups is 1. The van der Waals surface area contributed by atoms with Crippen LogP contribution in [-0.2, 0) is 29.3 Å². The highest BCUT2D eigenvalue weighted by Gasteiger charge is 2.70. The summed E-state index contributed by atoms with van der Waals surface area (Å²) >= 11 is 6.33. The number of rotatable bonds is 4. The van der Waals surface area contributed by atoms with E-state index in [1.54, 1.807) is 48.5 Å². The molecule has 10 nitrogen and oxygen atoms in total. The number of allylic oxidation sites excluding steroid dienone is 2. The van der Waals surface area contributed by atoms with Crippen LogP contribution in [0, 0.1) is 23.7 Å². The van der Waals surface area contributed by atoms with Crippen molar-refractivity contribution >= 4 is 47.0 Å². The lowest BCUT2D eigenvalue weighted by atomic mass is 9.49. The van der Waals surface area contributed by atoms with Gasteiger partial charge in [-0.2, -0.15) is 4.90 Å². The minimum absolute atomic E-state index is 0.0657. The van der Waals surface area contributed by atoms with Gasteiger partial charge in [0.05, 0.1) is 43.1 Å². The summed E-state index contributed by atoms with van der Waals surface area (Å²) in [6.07, 6.45) is 1.01. The van der Waals surface area contributed by atoms with Crippen molar-refractivity contribution in [1.29, 1.82) is 0 Å². The molecular formula is C35H29ClN2O8. The number of likely N-dealkylation sites (tertiary alicyclic amines) is 1. The SMILES string of the molecule is COC(=O)N1C(=O)[C@H]2[C@H](CC=C3[C@H]2C[C@H]2C(=O)N(c4cccc(Cl)c4)C(=O)[C@@]2(c2ccccc2)[C@H]3c2ccc(OC)c(O)c2)C1=O. The molecule has 3 fully saturated rings. The summed E-state index contributed by atoms with van der Waals surface area (Å²) in [6, 6.07) is 20.4. The van der Waals surface area contributed by atoms with E-state index in [0.717, 1.165) is 12.0 Å². The fraction of sp³-hybridized carbons (Fsp3) is 0.286. The zero-order chi connectivity index (χ0) is 32.5. The molecule has 4 aliphatic rings. The number of hydrogen-bond acceptors (Lipinski definition) is 8. The Balaban J connectivity index is 1.49. The van der Waals surface area contributed by atoms with E-state index in [4.69, 9.17) is 21.1 Å². The normalized spacial score (nSPS) is 28.4. The molecule has 0 aromatic heterocycles. The molecule has 234 valence electrons. The molecule has 7 rings (SSSR count). The largest absolute Gasteiger partial charge is 0.504 e. The van der Waals surface area contributed by atoms with E-state index >= 15 is 4.79 Å². The van der Waals surface area contributed by atoms with E-state index in [9.17, 15) is 24.3 Å². The number of hydrogen-bond donors (Lipinski definition) is 1. The monoisotopic (exact) mass is 640 g/mol. The quantitative estimate of drug-likeness (QED) is 0.312. The number of halogens is 1. The first-order valence-corrected chi connectivity index (χ1v) is 15.2. The lowest BCUT2D eigenvalue weighted by molar-refractivity contribution is -0.138. The third kappa shape index (κ3) is 3.99. The van der Waals surface area contributed by atoms with Crippen LogP contribution >= 0.6 is 11.6 Å². The number of phenolic OH excluding ortho intramolecular Hbond substituents is 1. The van der Waals surface area contributed by atoms with Crippen LogP contribution in [0.1, 0.15) is 29.9 Å². The molecule has 11 heteroatoms. The molecule has 0 radical (unpaired) electrons. The van der Waals surface area contributed by atoms with E-state index in [-0.39, 0.29) is 24.3 Å². The van der Waals surface area contributed by atoms with Crippen LogP contribution < -0.4 is 9.64 Å². The second-order valence-electron chi connectivity index (χ2n) is 12.0. The first-order valence-electron chi connectivity index (χ1n) is 14.9. The zero-order valence-electron chi connectivity index (χ0n) is 24.9.